The number of hydrogen-bond acceptors (Lipinski definition) is 6. The van der Waals surface area contributed by atoms with E-state index in [0.717, 1.165) is 23.9 Å². The van der Waals surface area contributed by atoms with E-state index in [4.69, 9.17) is 17.3 Å². The van der Waals surface area contributed by atoms with E-state index in [2.05, 4.69) is 11.6 Å². The van der Waals surface area contributed by atoms with Crippen LogP contribution in [0.3, 0.4) is 0 Å². The molecule has 0 saturated carbocycles. The number of halogens is 5. The number of anilines is 1. The molecule has 2 aliphatic rings. The summed E-state index contributed by atoms with van der Waals surface area (Å²) in [7, 11) is 0. The molecule has 1 unspecified atom stereocenters. The molecule has 3 aromatic rings. The Hall–Kier alpha value is -3.09. The van der Waals surface area contributed by atoms with Gasteiger partial charge in [0.25, 0.3) is 0 Å². The molecule has 5 rings (SSSR count). The fraction of sp³-hybridized carbons (Fsp3) is 0.393. The first-order valence-corrected chi connectivity index (χ1v) is 14.3. The van der Waals surface area contributed by atoms with Crippen molar-refractivity contribution in [1.29, 1.82) is 0 Å². The van der Waals surface area contributed by atoms with E-state index in [9.17, 15) is 27.2 Å². The molecule has 13 heteroatoms. The average molecular weight is 610 g/mol. The van der Waals surface area contributed by atoms with Crippen LogP contribution in [-0.4, -0.2) is 57.3 Å². The second kappa shape index (κ2) is 10.6. The van der Waals surface area contributed by atoms with E-state index in [1.54, 1.807) is 9.80 Å². The number of benzene rings is 2. The predicted molar refractivity (Wildman–Crippen MR) is 153 cm³/mol. The van der Waals surface area contributed by atoms with Crippen molar-refractivity contribution in [2.45, 2.75) is 56.5 Å². The second-order valence-electron chi connectivity index (χ2n) is 10.6. The highest BCUT2D eigenvalue weighted by Crippen LogP contribution is 2.49. The Labute approximate surface area is 242 Å². The summed E-state index contributed by atoms with van der Waals surface area (Å²) in [6.45, 7) is 9.26. The number of aromatic nitrogens is 2. The number of piperazine rings is 1. The second-order valence-corrected chi connectivity index (χ2v) is 12.0. The van der Waals surface area contributed by atoms with Crippen molar-refractivity contribution in [3.05, 3.63) is 63.3 Å². The molecule has 1 saturated heterocycles. The number of aryl methyl sites for hydroxylation is 1. The highest BCUT2D eigenvalue weighted by atomic mass is 35.5. The van der Waals surface area contributed by atoms with E-state index in [-0.39, 0.29) is 86.7 Å². The minimum atomic E-state index is -4.81. The van der Waals surface area contributed by atoms with Crippen LogP contribution in [0.4, 0.5) is 23.4 Å². The molecule has 2 N–H and O–H groups in total. The van der Waals surface area contributed by atoms with Crippen molar-refractivity contribution in [2.75, 3.05) is 23.7 Å². The lowest BCUT2D eigenvalue weighted by molar-refractivity contribution is -0.137. The zero-order valence-electron chi connectivity index (χ0n) is 22.6. The standard InChI is InChI=1S/C28H28ClF4N5O2S/c1-5-22(39)38-14(3)9-36(10-15(38)4)26-18-7-19(28(31,32)33)23(17-8-20(29)21(30)6-13(17)2)25-24(18)37(27(40)35-26)11-16(34)12-41-25/h5-8,14-16H,1,9-12,34H2,2-4H3/t14-,15+,16?. The molecule has 3 heterocycles. The summed E-state index contributed by atoms with van der Waals surface area (Å²) in [5.74, 6) is -0.657. The third kappa shape index (κ3) is 5.10. The van der Waals surface area contributed by atoms with Gasteiger partial charge in [0.2, 0.25) is 5.91 Å². The number of alkyl halides is 3. The minimum absolute atomic E-state index is 0.0605. The molecule has 1 amide bonds. The van der Waals surface area contributed by atoms with Gasteiger partial charge in [0, 0.05) is 59.4 Å². The molecule has 41 heavy (non-hydrogen) atoms. The van der Waals surface area contributed by atoms with Crippen LogP contribution < -0.4 is 16.3 Å². The van der Waals surface area contributed by atoms with E-state index >= 15 is 0 Å². The van der Waals surface area contributed by atoms with Crippen molar-refractivity contribution in [2.24, 2.45) is 5.73 Å². The first-order valence-electron chi connectivity index (χ1n) is 13.0. The van der Waals surface area contributed by atoms with Gasteiger partial charge in [0.1, 0.15) is 11.6 Å². The molecule has 218 valence electrons. The molecule has 2 aromatic carbocycles. The van der Waals surface area contributed by atoms with Crippen LogP contribution in [0.1, 0.15) is 25.0 Å². The molecular formula is C28H28ClF4N5O2S. The van der Waals surface area contributed by atoms with Gasteiger partial charge in [-0.1, -0.05) is 18.2 Å². The Bertz CT molecular complexity index is 1630. The summed E-state index contributed by atoms with van der Waals surface area (Å²) in [6.07, 6.45) is -3.59. The number of nitrogens with zero attached hydrogens (tertiary/aromatic N) is 4. The van der Waals surface area contributed by atoms with Gasteiger partial charge >= 0.3 is 11.9 Å². The van der Waals surface area contributed by atoms with Crippen LogP contribution in [0.2, 0.25) is 5.02 Å². The summed E-state index contributed by atoms with van der Waals surface area (Å²) < 4.78 is 60.1. The molecule has 1 aromatic heterocycles. The lowest BCUT2D eigenvalue weighted by Gasteiger charge is -2.44. The van der Waals surface area contributed by atoms with Gasteiger partial charge in [-0.05, 0) is 56.2 Å². The largest absolute Gasteiger partial charge is 0.417 e. The molecule has 7 nitrogen and oxygen atoms in total. The van der Waals surface area contributed by atoms with E-state index in [0.29, 0.717) is 0 Å². The molecular weight excluding hydrogens is 582 g/mol. The minimum Gasteiger partial charge on any atom is -0.352 e. The smallest absolute Gasteiger partial charge is 0.352 e. The van der Waals surface area contributed by atoms with Crippen LogP contribution in [0.5, 0.6) is 0 Å². The number of hydrogen-bond donors (Lipinski definition) is 1. The van der Waals surface area contributed by atoms with Crippen LogP contribution in [-0.2, 0) is 17.5 Å². The van der Waals surface area contributed by atoms with Gasteiger partial charge in [0.05, 0.1) is 16.1 Å². The number of thioether (sulfide) groups is 1. The topological polar surface area (TPSA) is 84.5 Å². The molecule has 0 spiro atoms. The fourth-order valence-electron chi connectivity index (χ4n) is 5.86. The quantitative estimate of drug-likeness (QED) is 0.324. The van der Waals surface area contributed by atoms with E-state index in [1.165, 1.54) is 23.6 Å². The van der Waals surface area contributed by atoms with Crippen molar-refractivity contribution in [1.82, 2.24) is 14.5 Å². The maximum atomic E-state index is 14.8. The lowest BCUT2D eigenvalue weighted by atomic mass is 9.93. The predicted octanol–water partition coefficient (Wildman–Crippen LogP) is 5.23. The summed E-state index contributed by atoms with van der Waals surface area (Å²) in [6, 6.07) is 2.11. The Morgan fingerprint density at radius 2 is 1.85 bits per heavy atom. The Kier molecular flexibility index (Phi) is 7.62. The molecule has 2 aliphatic heterocycles. The summed E-state index contributed by atoms with van der Waals surface area (Å²) in [5, 5.41) is -0.171. The third-order valence-corrected chi connectivity index (χ3v) is 9.12. The maximum absolute atomic E-state index is 14.8. The number of carbonyl (C=O) groups excluding carboxylic acids is 1. The van der Waals surface area contributed by atoms with E-state index in [1.807, 2.05) is 13.8 Å². The first-order chi connectivity index (χ1) is 19.2. The van der Waals surface area contributed by atoms with Crippen molar-refractivity contribution in [3.8, 4) is 11.1 Å². The molecule has 1 fully saturated rings. The molecule has 0 radical (unpaired) electrons. The van der Waals surface area contributed by atoms with Crippen LogP contribution in [0.15, 0.2) is 40.5 Å². The van der Waals surface area contributed by atoms with Gasteiger partial charge in [-0.3, -0.25) is 9.36 Å². The molecule has 0 aliphatic carbocycles. The van der Waals surface area contributed by atoms with Gasteiger partial charge < -0.3 is 15.5 Å². The van der Waals surface area contributed by atoms with Crippen molar-refractivity contribution in [3.63, 3.8) is 0 Å². The summed E-state index contributed by atoms with van der Waals surface area (Å²) in [4.78, 5) is 33.8. The van der Waals surface area contributed by atoms with Crippen LogP contribution in [0.25, 0.3) is 22.0 Å². The summed E-state index contributed by atoms with van der Waals surface area (Å²) in [5.41, 5.74) is 5.13. The highest BCUT2D eigenvalue weighted by Gasteiger charge is 2.40. The Morgan fingerprint density at radius 1 is 1.20 bits per heavy atom. The fourth-order valence-corrected chi connectivity index (χ4v) is 7.23. The average Bonchev–Trinajstić information content (AvgIpc) is 3.06. The van der Waals surface area contributed by atoms with Crippen molar-refractivity contribution < 1.29 is 22.4 Å². The summed E-state index contributed by atoms with van der Waals surface area (Å²) >= 11 is 7.17. The first kappa shape index (κ1) is 29.4. The van der Waals surface area contributed by atoms with Gasteiger partial charge in [0.15, 0.2) is 0 Å². The normalized spacial score (nSPS) is 21.2. The lowest BCUT2D eigenvalue weighted by Crippen LogP contribution is -2.58. The Balaban J connectivity index is 1.85. The van der Waals surface area contributed by atoms with E-state index < -0.39 is 29.3 Å². The Morgan fingerprint density at radius 3 is 2.46 bits per heavy atom. The van der Waals surface area contributed by atoms with Crippen LogP contribution in [0, 0.1) is 12.7 Å². The van der Waals surface area contributed by atoms with Gasteiger partial charge in [-0.15, -0.1) is 11.8 Å². The zero-order valence-corrected chi connectivity index (χ0v) is 24.1. The maximum Gasteiger partial charge on any atom is 0.417 e. The highest BCUT2D eigenvalue weighted by molar-refractivity contribution is 7.99. The number of carbonyl (C=O) groups is 1. The molecule has 3 atom stereocenters. The van der Waals surface area contributed by atoms with Crippen LogP contribution >= 0.6 is 23.4 Å². The molecule has 0 bridgehead atoms. The zero-order chi connectivity index (χ0) is 30.0. The number of amides is 1. The third-order valence-electron chi connectivity index (χ3n) is 7.55. The monoisotopic (exact) mass is 609 g/mol. The number of nitrogens with two attached hydrogens (primary N) is 1. The SMILES string of the molecule is C=CC(=O)N1[C@H](C)CN(c2nc(=O)n3c4c(c(-c5cc(Cl)c(F)cc5C)c(C(F)(F)F)cc24)SCC(N)C3)C[C@@H]1C. The van der Waals surface area contributed by atoms with Crippen molar-refractivity contribution >= 4 is 46.0 Å². The number of rotatable bonds is 3. The van der Waals surface area contributed by atoms with Gasteiger partial charge in [-0.25, -0.2) is 9.18 Å². The van der Waals surface area contributed by atoms with Gasteiger partial charge in [-0.2, -0.15) is 18.2 Å².